The number of carbonyl (C=O) groups is 1. The summed E-state index contributed by atoms with van der Waals surface area (Å²) >= 11 is 6.06. The average Bonchev–Trinajstić information content (AvgIpc) is 2.54. The fourth-order valence-corrected chi connectivity index (χ4v) is 2.12. The van der Waals surface area contributed by atoms with Gasteiger partial charge in [0.15, 0.2) is 0 Å². The quantitative estimate of drug-likeness (QED) is 0.804. The molecule has 5 heteroatoms. The van der Waals surface area contributed by atoms with E-state index in [4.69, 9.17) is 16.9 Å². The smallest absolute Gasteiger partial charge is 0.225 e. The van der Waals surface area contributed by atoms with Gasteiger partial charge in [-0.25, -0.2) is 0 Å². The Morgan fingerprint density at radius 2 is 1.86 bits per heavy atom. The van der Waals surface area contributed by atoms with Crippen LogP contribution in [0.1, 0.15) is 17.5 Å². The van der Waals surface area contributed by atoms with E-state index in [2.05, 4.69) is 10.6 Å². The van der Waals surface area contributed by atoms with E-state index in [-0.39, 0.29) is 5.91 Å². The number of carbonyl (C=O) groups excluding carboxylic acids is 1. The Morgan fingerprint density at radius 1 is 1.14 bits per heavy atom. The van der Waals surface area contributed by atoms with Gasteiger partial charge in [0.2, 0.25) is 5.91 Å². The second kappa shape index (κ2) is 8.18. The number of hydrogen-bond acceptors (Lipinski definition) is 3. The SMILES string of the molecule is N#Cc1ccc(NC(=O)CCNCc2ccccc2Cl)cc1. The van der Waals surface area contributed by atoms with Crippen LogP contribution in [0.4, 0.5) is 5.69 Å². The third-order valence-electron chi connectivity index (χ3n) is 3.10. The van der Waals surface area contributed by atoms with E-state index < -0.39 is 0 Å². The number of anilines is 1. The van der Waals surface area contributed by atoms with Crippen molar-refractivity contribution in [3.8, 4) is 6.07 Å². The first-order chi connectivity index (χ1) is 10.7. The van der Waals surface area contributed by atoms with Gasteiger partial charge in [0.25, 0.3) is 0 Å². The molecule has 0 fully saturated rings. The largest absolute Gasteiger partial charge is 0.326 e. The molecule has 22 heavy (non-hydrogen) atoms. The number of hydrogen-bond donors (Lipinski definition) is 2. The Labute approximate surface area is 134 Å². The molecular formula is C17H16ClN3O. The van der Waals surface area contributed by atoms with Gasteiger partial charge in [-0.05, 0) is 35.9 Å². The molecule has 0 atom stereocenters. The molecule has 0 unspecified atom stereocenters. The van der Waals surface area contributed by atoms with E-state index in [0.29, 0.717) is 30.8 Å². The molecule has 0 bridgehead atoms. The molecule has 0 saturated heterocycles. The summed E-state index contributed by atoms with van der Waals surface area (Å²) in [5.74, 6) is -0.0728. The zero-order chi connectivity index (χ0) is 15.8. The number of halogens is 1. The lowest BCUT2D eigenvalue weighted by atomic mass is 10.2. The van der Waals surface area contributed by atoms with Crippen molar-refractivity contribution in [2.75, 3.05) is 11.9 Å². The Balaban J connectivity index is 1.71. The Kier molecular flexibility index (Phi) is 5.96. The third kappa shape index (κ3) is 4.88. The lowest BCUT2D eigenvalue weighted by molar-refractivity contribution is -0.116. The number of amides is 1. The first-order valence-electron chi connectivity index (χ1n) is 6.93. The van der Waals surface area contributed by atoms with Crippen molar-refractivity contribution in [2.45, 2.75) is 13.0 Å². The van der Waals surface area contributed by atoms with Crippen molar-refractivity contribution in [1.29, 1.82) is 5.26 Å². The summed E-state index contributed by atoms with van der Waals surface area (Å²) in [5, 5.41) is 15.4. The molecule has 0 heterocycles. The molecule has 2 N–H and O–H groups in total. The van der Waals surface area contributed by atoms with E-state index in [1.54, 1.807) is 24.3 Å². The topological polar surface area (TPSA) is 64.9 Å². The van der Waals surface area contributed by atoms with Crippen molar-refractivity contribution in [2.24, 2.45) is 0 Å². The highest BCUT2D eigenvalue weighted by Gasteiger charge is 2.03. The molecule has 1 amide bonds. The second-order valence-electron chi connectivity index (χ2n) is 4.76. The van der Waals surface area contributed by atoms with Crippen LogP contribution in [0, 0.1) is 11.3 Å². The van der Waals surface area contributed by atoms with Crippen LogP contribution in [0.3, 0.4) is 0 Å². The summed E-state index contributed by atoms with van der Waals surface area (Å²) in [6, 6.07) is 16.4. The molecule has 112 valence electrons. The van der Waals surface area contributed by atoms with Crippen molar-refractivity contribution in [3.63, 3.8) is 0 Å². The minimum absolute atomic E-state index is 0.0728. The van der Waals surface area contributed by atoms with Gasteiger partial charge < -0.3 is 10.6 Å². The fraction of sp³-hybridized carbons (Fsp3) is 0.176. The molecule has 4 nitrogen and oxygen atoms in total. The highest BCUT2D eigenvalue weighted by Crippen LogP contribution is 2.14. The minimum atomic E-state index is -0.0728. The van der Waals surface area contributed by atoms with Gasteiger partial charge in [0.05, 0.1) is 11.6 Å². The second-order valence-corrected chi connectivity index (χ2v) is 5.16. The molecule has 0 spiro atoms. The molecule has 0 radical (unpaired) electrons. The van der Waals surface area contributed by atoms with Crippen LogP contribution in [-0.4, -0.2) is 12.5 Å². The molecule has 0 aliphatic carbocycles. The van der Waals surface area contributed by atoms with Crippen LogP contribution < -0.4 is 10.6 Å². The van der Waals surface area contributed by atoms with E-state index in [0.717, 1.165) is 10.6 Å². The fourth-order valence-electron chi connectivity index (χ4n) is 1.92. The number of nitriles is 1. The number of benzene rings is 2. The predicted molar refractivity (Wildman–Crippen MR) is 87.6 cm³/mol. The summed E-state index contributed by atoms with van der Waals surface area (Å²) in [7, 11) is 0. The monoisotopic (exact) mass is 313 g/mol. The maximum Gasteiger partial charge on any atom is 0.225 e. The van der Waals surface area contributed by atoms with Crippen molar-refractivity contribution >= 4 is 23.2 Å². The van der Waals surface area contributed by atoms with Gasteiger partial charge in [-0.15, -0.1) is 0 Å². The third-order valence-corrected chi connectivity index (χ3v) is 3.47. The predicted octanol–water partition coefficient (Wildman–Crippen LogP) is 3.33. The Bertz CT molecular complexity index is 677. The maximum atomic E-state index is 11.8. The van der Waals surface area contributed by atoms with E-state index in [1.165, 1.54) is 0 Å². The maximum absolute atomic E-state index is 11.8. The zero-order valence-corrected chi connectivity index (χ0v) is 12.7. The highest BCUT2D eigenvalue weighted by molar-refractivity contribution is 6.31. The number of nitrogens with one attached hydrogen (secondary N) is 2. The molecule has 2 aromatic rings. The van der Waals surface area contributed by atoms with Gasteiger partial charge in [0.1, 0.15) is 0 Å². The lowest BCUT2D eigenvalue weighted by Crippen LogP contribution is -2.21. The molecule has 2 aromatic carbocycles. The summed E-state index contributed by atoms with van der Waals surface area (Å²) in [5.41, 5.74) is 2.27. The summed E-state index contributed by atoms with van der Waals surface area (Å²) in [6.45, 7) is 1.19. The number of rotatable bonds is 6. The normalized spacial score (nSPS) is 10.0. The van der Waals surface area contributed by atoms with Crippen LogP contribution in [-0.2, 0) is 11.3 Å². The van der Waals surface area contributed by atoms with Crippen molar-refractivity contribution in [3.05, 3.63) is 64.7 Å². The van der Waals surface area contributed by atoms with Gasteiger partial charge in [-0.1, -0.05) is 29.8 Å². The average molecular weight is 314 g/mol. The summed E-state index contributed by atoms with van der Waals surface area (Å²) in [4.78, 5) is 11.8. The minimum Gasteiger partial charge on any atom is -0.326 e. The summed E-state index contributed by atoms with van der Waals surface area (Å²) in [6.07, 6.45) is 0.366. The van der Waals surface area contributed by atoms with Gasteiger partial charge in [-0.3, -0.25) is 4.79 Å². The van der Waals surface area contributed by atoms with Gasteiger partial charge >= 0.3 is 0 Å². The lowest BCUT2D eigenvalue weighted by Gasteiger charge is -2.07. The van der Waals surface area contributed by atoms with Crippen LogP contribution >= 0.6 is 11.6 Å². The van der Waals surface area contributed by atoms with E-state index >= 15 is 0 Å². The van der Waals surface area contributed by atoms with Crippen LogP contribution in [0.25, 0.3) is 0 Å². The standard InChI is InChI=1S/C17H16ClN3O/c18-16-4-2-1-3-14(16)12-20-10-9-17(22)21-15-7-5-13(11-19)6-8-15/h1-8,20H,9-10,12H2,(H,21,22). The molecule has 0 aliphatic heterocycles. The van der Waals surface area contributed by atoms with Crippen molar-refractivity contribution in [1.82, 2.24) is 5.32 Å². The van der Waals surface area contributed by atoms with Crippen LogP contribution in [0.2, 0.25) is 5.02 Å². The van der Waals surface area contributed by atoms with E-state index in [1.807, 2.05) is 30.3 Å². The van der Waals surface area contributed by atoms with Gasteiger partial charge in [-0.2, -0.15) is 5.26 Å². The first-order valence-corrected chi connectivity index (χ1v) is 7.31. The molecule has 2 rings (SSSR count). The zero-order valence-electron chi connectivity index (χ0n) is 12.0. The molecule has 0 aromatic heterocycles. The molecule has 0 saturated carbocycles. The van der Waals surface area contributed by atoms with Crippen LogP contribution in [0.5, 0.6) is 0 Å². The summed E-state index contributed by atoms with van der Waals surface area (Å²) < 4.78 is 0. The first kappa shape index (κ1) is 16.0. The van der Waals surface area contributed by atoms with Gasteiger partial charge in [0, 0.05) is 30.2 Å². The Morgan fingerprint density at radius 3 is 2.55 bits per heavy atom. The van der Waals surface area contributed by atoms with Crippen molar-refractivity contribution < 1.29 is 4.79 Å². The van der Waals surface area contributed by atoms with Crippen LogP contribution in [0.15, 0.2) is 48.5 Å². The number of nitrogens with zero attached hydrogens (tertiary/aromatic N) is 1. The Hall–Kier alpha value is -2.35. The van der Waals surface area contributed by atoms with E-state index in [9.17, 15) is 4.79 Å². The highest BCUT2D eigenvalue weighted by atomic mass is 35.5. The molecule has 0 aliphatic rings. The molecular weight excluding hydrogens is 298 g/mol.